The first kappa shape index (κ1) is 14.6. The van der Waals surface area contributed by atoms with Gasteiger partial charge in [0.2, 0.25) is 0 Å². The van der Waals surface area contributed by atoms with Crippen LogP contribution in [0.5, 0.6) is 0 Å². The highest BCUT2D eigenvalue weighted by Gasteiger charge is 2.22. The lowest BCUT2D eigenvalue weighted by atomic mass is 10.1. The van der Waals surface area contributed by atoms with Gasteiger partial charge in [-0.1, -0.05) is 6.08 Å². The van der Waals surface area contributed by atoms with E-state index in [9.17, 15) is 9.59 Å². The molecular weight excluding hydrogens is 210 g/mol. The fourth-order valence-corrected chi connectivity index (χ4v) is 0.998. The molecule has 5 heteroatoms. The standard InChI is InChI=1S/C11H19NO4/c1-5-6-8(9(14)7-13)12-10(15)16-11(2,3)4/h5,8,13H,1,6-7H2,2-4H3,(H,12,15). The maximum atomic E-state index is 11.4. The van der Waals surface area contributed by atoms with E-state index in [2.05, 4.69) is 11.9 Å². The maximum absolute atomic E-state index is 11.4. The molecule has 0 saturated heterocycles. The minimum absolute atomic E-state index is 0.263. The Morgan fingerprint density at radius 3 is 2.44 bits per heavy atom. The summed E-state index contributed by atoms with van der Waals surface area (Å²) < 4.78 is 4.99. The van der Waals surface area contributed by atoms with Crippen LogP contribution in [0.4, 0.5) is 4.79 Å². The summed E-state index contributed by atoms with van der Waals surface area (Å²) in [5.41, 5.74) is -0.620. The van der Waals surface area contributed by atoms with E-state index >= 15 is 0 Å². The minimum Gasteiger partial charge on any atom is -0.444 e. The molecule has 0 fully saturated rings. The molecule has 0 rings (SSSR count). The summed E-state index contributed by atoms with van der Waals surface area (Å²) in [6.07, 6.45) is 1.08. The van der Waals surface area contributed by atoms with Crippen LogP contribution in [-0.4, -0.2) is 35.2 Å². The van der Waals surface area contributed by atoms with Crippen molar-refractivity contribution in [3.63, 3.8) is 0 Å². The van der Waals surface area contributed by atoms with Crippen LogP contribution in [0.2, 0.25) is 0 Å². The Morgan fingerprint density at radius 1 is 1.50 bits per heavy atom. The van der Waals surface area contributed by atoms with Crippen LogP contribution in [-0.2, 0) is 9.53 Å². The van der Waals surface area contributed by atoms with E-state index in [-0.39, 0.29) is 6.42 Å². The normalized spacial score (nSPS) is 12.8. The molecule has 1 amide bonds. The summed E-state index contributed by atoms with van der Waals surface area (Å²) in [6.45, 7) is 8.03. The van der Waals surface area contributed by atoms with E-state index in [0.29, 0.717) is 0 Å². The van der Waals surface area contributed by atoms with E-state index in [0.717, 1.165) is 0 Å². The van der Waals surface area contributed by atoms with Crippen molar-refractivity contribution in [3.05, 3.63) is 12.7 Å². The van der Waals surface area contributed by atoms with Crippen LogP contribution in [0.25, 0.3) is 0 Å². The Kier molecular flexibility index (Phi) is 5.74. The third-order valence-electron chi connectivity index (χ3n) is 1.64. The van der Waals surface area contributed by atoms with Gasteiger partial charge in [0.15, 0.2) is 5.78 Å². The van der Waals surface area contributed by atoms with E-state index < -0.39 is 30.1 Å². The summed E-state index contributed by atoms with van der Waals surface area (Å²) in [5, 5.41) is 11.1. The van der Waals surface area contributed by atoms with E-state index in [1.54, 1.807) is 20.8 Å². The summed E-state index contributed by atoms with van der Waals surface area (Å²) in [6, 6.07) is -0.780. The fourth-order valence-electron chi connectivity index (χ4n) is 0.998. The third kappa shape index (κ3) is 6.19. The SMILES string of the molecule is C=CCC(NC(=O)OC(C)(C)C)C(=O)CO. The molecular formula is C11H19NO4. The number of carbonyl (C=O) groups excluding carboxylic acids is 2. The lowest BCUT2D eigenvalue weighted by Crippen LogP contribution is -2.44. The maximum Gasteiger partial charge on any atom is 0.408 e. The molecule has 0 saturated carbocycles. The quantitative estimate of drug-likeness (QED) is 0.690. The van der Waals surface area contributed by atoms with Gasteiger partial charge < -0.3 is 15.2 Å². The van der Waals surface area contributed by atoms with Crippen LogP contribution in [0.3, 0.4) is 0 Å². The van der Waals surface area contributed by atoms with Crippen molar-refractivity contribution in [2.24, 2.45) is 0 Å². The van der Waals surface area contributed by atoms with Crippen LogP contribution < -0.4 is 5.32 Å². The number of hydrogen-bond acceptors (Lipinski definition) is 4. The van der Waals surface area contributed by atoms with E-state index in [4.69, 9.17) is 9.84 Å². The van der Waals surface area contributed by atoms with Crippen molar-refractivity contribution in [1.82, 2.24) is 5.32 Å². The van der Waals surface area contributed by atoms with Gasteiger partial charge in [0.1, 0.15) is 12.2 Å². The predicted molar refractivity (Wildman–Crippen MR) is 60.1 cm³/mol. The van der Waals surface area contributed by atoms with E-state index in [1.165, 1.54) is 6.08 Å². The third-order valence-corrected chi connectivity index (χ3v) is 1.64. The van der Waals surface area contributed by atoms with Crippen LogP contribution >= 0.6 is 0 Å². The molecule has 16 heavy (non-hydrogen) atoms. The number of carbonyl (C=O) groups is 2. The Morgan fingerprint density at radius 2 is 2.06 bits per heavy atom. The highest BCUT2D eigenvalue weighted by atomic mass is 16.6. The monoisotopic (exact) mass is 229 g/mol. The van der Waals surface area contributed by atoms with Crippen molar-refractivity contribution in [3.8, 4) is 0 Å². The molecule has 0 radical (unpaired) electrons. The molecule has 0 aliphatic heterocycles. The number of nitrogens with one attached hydrogen (secondary N) is 1. The predicted octanol–water partition coefficient (Wildman–Crippen LogP) is 1.02. The molecule has 5 nitrogen and oxygen atoms in total. The van der Waals surface area contributed by atoms with Crippen LogP contribution in [0.15, 0.2) is 12.7 Å². The molecule has 1 unspecified atom stereocenters. The van der Waals surface area contributed by atoms with Crippen molar-refractivity contribution in [1.29, 1.82) is 0 Å². The molecule has 0 aliphatic rings. The van der Waals surface area contributed by atoms with Gasteiger partial charge in [-0.05, 0) is 27.2 Å². The van der Waals surface area contributed by atoms with E-state index in [1.807, 2.05) is 0 Å². The largest absolute Gasteiger partial charge is 0.444 e. The number of ether oxygens (including phenoxy) is 1. The zero-order valence-electron chi connectivity index (χ0n) is 9.95. The molecule has 0 heterocycles. The Balaban J connectivity index is 4.34. The van der Waals surface area contributed by atoms with Crippen molar-refractivity contribution >= 4 is 11.9 Å². The zero-order chi connectivity index (χ0) is 12.8. The summed E-state index contributed by atoms with van der Waals surface area (Å²) in [4.78, 5) is 22.6. The van der Waals surface area contributed by atoms with Crippen molar-refractivity contribution in [2.75, 3.05) is 6.61 Å². The number of ketones is 1. The molecule has 0 aromatic rings. The molecule has 2 N–H and O–H groups in total. The molecule has 1 atom stereocenters. The van der Waals surface area contributed by atoms with Gasteiger partial charge in [-0.2, -0.15) is 0 Å². The first-order valence-electron chi connectivity index (χ1n) is 5.04. The Bertz CT molecular complexity index is 268. The number of rotatable bonds is 5. The smallest absolute Gasteiger partial charge is 0.408 e. The highest BCUT2D eigenvalue weighted by Crippen LogP contribution is 2.07. The zero-order valence-corrected chi connectivity index (χ0v) is 9.95. The topological polar surface area (TPSA) is 75.6 Å². The molecule has 0 bridgehead atoms. The van der Waals surface area contributed by atoms with Crippen LogP contribution in [0, 0.1) is 0 Å². The second-order valence-electron chi connectivity index (χ2n) is 4.35. The number of hydrogen-bond donors (Lipinski definition) is 2. The second-order valence-corrected chi connectivity index (χ2v) is 4.35. The highest BCUT2D eigenvalue weighted by molar-refractivity contribution is 5.88. The van der Waals surface area contributed by atoms with Crippen molar-refractivity contribution < 1.29 is 19.4 Å². The molecule has 0 aliphatic carbocycles. The average molecular weight is 229 g/mol. The Hall–Kier alpha value is -1.36. The molecule has 0 aromatic carbocycles. The lowest BCUT2D eigenvalue weighted by molar-refractivity contribution is -0.123. The fraction of sp³-hybridized carbons (Fsp3) is 0.636. The van der Waals surface area contributed by atoms with Gasteiger partial charge in [-0.25, -0.2) is 4.79 Å². The van der Waals surface area contributed by atoms with Gasteiger partial charge in [0, 0.05) is 0 Å². The average Bonchev–Trinajstić information content (AvgIpc) is 2.13. The minimum atomic E-state index is -0.780. The number of alkyl carbamates (subject to hydrolysis) is 1. The summed E-state index contributed by atoms with van der Waals surface area (Å²) in [5.74, 6) is -0.467. The molecule has 92 valence electrons. The lowest BCUT2D eigenvalue weighted by Gasteiger charge is -2.22. The Labute approximate surface area is 95.5 Å². The van der Waals surface area contributed by atoms with Gasteiger partial charge in [-0.15, -0.1) is 6.58 Å². The summed E-state index contributed by atoms with van der Waals surface area (Å²) >= 11 is 0. The van der Waals surface area contributed by atoms with Gasteiger partial charge in [0.25, 0.3) is 0 Å². The number of Topliss-reactive ketones (excluding diaryl/α,β-unsaturated/α-hetero) is 1. The van der Waals surface area contributed by atoms with Crippen molar-refractivity contribution in [2.45, 2.75) is 38.8 Å². The molecule has 0 aromatic heterocycles. The van der Waals surface area contributed by atoms with Gasteiger partial charge >= 0.3 is 6.09 Å². The first-order chi connectivity index (χ1) is 7.30. The first-order valence-corrected chi connectivity index (χ1v) is 5.04. The number of amides is 1. The van der Waals surface area contributed by atoms with Gasteiger partial charge in [0.05, 0.1) is 6.04 Å². The number of aliphatic hydroxyl groups excluding tert-OH is 1. The summed E-state index contributed by atoms with van der Waals surface area (Å²) in [7, 11) is 0. The second kappa shape index (κ2) is 6.27. The number of aliphatic hydroxyl groups is 1. The molecule has 0 spiro atoms. The van der Waals surface area contributed by atoms with Crippen LogP contribution in [0.1, 0.15) is 27.2 Å². The van der Waals surface area contributed by atoms with Gasteiger partial charge in [-0.3, -0.25) is 4.79 Å².